The molecule has 0 saturated heterocycles. The molecule has 26 heavy (non-hydrogen) atoms. The molecule has 1 amide bonds. The van der Waals surface area contributed by atoms with Gasteiger partial charge in [0.2, 0.25) is 0 Å². The van der Waals surface area contributed by atoms with E-state index < -0.39 is 0 Å². The first-order valence-electron chi connectivity index (χ1n) is 8.61. The minimum atomic E-state index is -0.365. The van der Waals surface area contributed by atoms with Crippen molar-refractivity contribution in [2.45, 2.75) is 25.8 Å². The average molecular weight is 353 g/mol. The number of hydrogen-bond acceptors (Lipinski definition) is 3. The normalized spacial score (nSPS) is 15.7. The Morgan fingerprint density at radius 3 is 2.73 bits per heavy atom. The second kappa shape index (κ2) is 7.95. The minimum absolute atomic E-state index is 0.0642. The number of ether oxygens (including phenoxy) is 1. The molecule has 1 N–H and O–H groups in total. The number of esters is 1. The molecule has 0 bridgehead atoms. The Bertz CT molecular complexity index is 843. The third kappa shape index (κ3) is 4.17. The molecule has 0 radical (unpaired) electrons. The van der Waals surface area contributed by atoms with Crippen LogP contribution < -0.4 is 5.32 Å². The first kappa shape index (κ1) is 17.9. The summed E-state index contributed by atoms with van der Waals surface area (Å²) in [6.45, 7) is 2.12. The van der Waals surface area contributed by atoms with Gasteiger partial charge in [-0.2, -0.15) is 0 Å². The van der Waals surface area contributed by atoms with Crippen molar-refractivity contribution >= 4 is 18.0 Å². The van der Waals surface area contributed by atoms with Gasteiger partial charge in [0.25, 0.3) is 5.91 Å². The molecule has 4 nitrogen and oxygen atoms in total. The van der Waals surface area contributed by atoms with Crippen molar-refractivity contribution < 1.29 is 18.7 Å². The van der Waals surface area contributed by atoms with Gasteiger partial charge in [0.05, 0.1) is 12.6 Å². The molecule has 0 saturated carbocycles. The van der Waals surface area contributed by atoms with Gasteiger partial charge >= 0.3 is 5.97 Å². The lowest BCUT2D eigenvalue weighted by Crippen LogP contribution is -2.27. The highest BCUT2D eigenvalue weighted by atomic mass is 19.1. The zero-order valence-corrected chi connectivity index (χ0v) is 14.5. The number of nitrogens with one attached hydrogen (secondary N) is 1. The number of amides is 1. The molecule has 0 heterocycles. The lowest BCUT2D eigenvalue weighted by molar-refractivity contribution is -0.137. The van der Waals surface area contributed by atoms with Crippen LogP contribution in [0.4, 0.5) is 4.39 Å². The Labute approximate surface area is 151 Å². The quantitative estimate of drug-likeness (QED) is 0.657. The Hall–Kier alpha value is -2.95. The van der Waals surface area contributed by atoms with Crippen LogP contribution in [0.1, 0.15) is 46.4 Å². The van der Waals surface area contributed by atoms with Crippen LogP contribution in [0.15, 0.2) is 48.5 Å². The van der Waals surface area contributed by atoms with Gasteiger partial charge in [0, 0.05) is 11.6 Å². The fourth-order valence-corrected chi connectivity index (χ4v) is 3.09. The maximum Gasteiger partial charge on any atom is 0.330 e. The fourth-order valence-electron chi connectivity index (χ4n) is 3.09. The Kier molecular flexibility index (Phi) is 5.46. The SMILES string of the molecule is CCOC(=O)/C=C/c1ccc2c(c1)CCC2NC(=O)c1ccc(F)cc1. The summed E-state index contributed by atoms with van der Waals surface area (Å²) < 4.78 is 17.8. The minimum Gasteiger partial charge on any atom is -0.463 e. The summed E-state index contributed by atoms with van der Waals surface area (Å²) in [5.41, 5.74) is 3.59. The molecular formula is C21H20FNO3. The highest BCUT2D eigenvalue weighted by Gasteiger charge is 2.24. The van der Waals surface area contributed by atoms with Gasteiger partial charge in [-0.15, -0.1) is 0 Å². The van der Waals surface area contributed by atoms with Gasteiger partial charge in [-0.1, -0.05) is 18.2 Å². The van der Waals surface area contributed by atoms with Gasteiger partial charge in [0.15, 0.2) is 0 Å². The van der Waals surface area contributed by atoms with Gasteiger partial charge < -0.3 is 10.1 Å². The highest BCUT2D eigenvalue weighted by Crippen LogP contribution is 2.32. The molecule has 1 aliphatic carbocycles. The molecule has 1 atom stereocenters. The topological polar surface area (TPSA) is 55.4 Å². The number of hydrogen-bond donors (Lipinski definition) is 1. The van der Waals surface area contributed by atoms with E-state index in [4.69, 9.17) is 4.74 Å². The van der Waals surface area contributed by atoms with Gasteiger partial charge in [-0.25, -0.2) is 9.18 Å². The largest absolute Gasteiger partial charge is 0.463 e. The van der Waals surface area contributed by atoms with Crippen LogP contribution >= 0.6 is 0 Å². The fraction of sp³-hybridized carbons (Fsp3) is 0.238. The standard InChI is InChI=1S/C21H20FNO3/c1-2-26-20(24)12-4-14-3-10-18-16(13-14)7-11-19(18)23-21(25)15-5-8-17(22)9-6-15/h3-6,8-10,12-13,19H,2,7,11H2,1H3,(H,23,25)/b12-4+. The summed E-state index contributed by atoms with van der Waals surface area (Å²) in [6.07, 6.45) is 4.80. The molecular weight excluding hydrogens is 333 g/mol. The molecule has 0 aliphatic heterocycles. The van der Waals surface area contributed by atoms with E-state index in [1.54, 1.807) is 13.0 Å². The van der Waals surface area contributed by atoms with Crippen LogP contribution in [0.25, 0.3) is 6.08 Å². The summed E-state index contributed by atoms with van der Waals surface area (Å²) in [5.74, 6) is -0.942. The molecule has 0 spiro atoms. The Morgan fingerprint density at radius 1 is 1.23 bits per heavy atom. The third-order valence-electron chi connectivity index (χ3n) is 4.35. The van der Waals surface area contributed by atoms with Crippen molar-refractivity contribution in [3.8, 4) is 0 Å². The number of benzene rings is 2. The summed E-state index contributed by atoms with van der Waals surface area (Å²) in [6, 6.07) is 11.4. The monoisotopic (exact) mass is 353 g/mol. The second-order valence-corrected chi connectivity index (χ2v) is 6.12. The maximum atomic E-state index is 13.0. The van der Waals surface area contributed by atoms with E-state index in [-0.39, 0.29) is 23.7 Å². The molecule has 0 fully saturated rings. The summed E-state index contributed by atoms with van der Waals surface area (Å²) in [4.78, 5) is 23.7. The molecule has 2 aromatic rings. The third-order valence-corrected chi connectivity index (χ3v) is 4.35. The number of rotatable bonds is 5. The highest BCUT2D eigenvalue weighted by molar-refractivity contribution is 5.94. The zero-order valence-electron chi connectivity index (χ0n) is 14.5. The zero-order chi connectivity index (χ0) is 18.5. The smallest absolute Gasteiger partial charge is 0.330 e. The van der Waals surface area contributed by atoms with E-state index in [1.165, 1.54) is 30.3 Å². The lowest BCUT2D eigenvalue weighted by Gasteiger charge is -2.14. The second-order valence-electron chi connectivity index (χ2n) is 6.12. The van der Waals surface area contributed by atoms with Crippen molar-refractivity contribution in [2.75, 3.05) is 6.61 Å². The summed E-state index contributed by atoms with van der Waals surface area (Å²) in [7, 11) is 0. The van der Waals surface area contributed by atoms with Gasteiger partial charge in [-0.3, -0.25) is 4.79 Å². The van der Waals surface area contributed by atoms with Crippen LogP contribution in [0.2, 0.25) is 0 Å². The lowest BCUT2D eigenvalue weighted by atomic mass is 10.0. The molecule has 5 heteroatoms. The van der Waals surface area contributed by atoms with Crippen LogP contribution in [0.3, 0.4) is 0 Å². The van der Waals surface area contributed by atoms with Crippen LogP contribution in [0.5, 0.6) is 0 Å². The van der Waals surface area contributed by atoms with Crippen molar-refractivity contribution in [1.82, 2.24) is 5.32 Å². The molecule has 134 valence electrons. The molecule has 1 aliphatic rings. The van der Waals surface area contributed by atoms with Crippen molar-refractivity contribution in [1.29, 1.82) is 0 Å². The van der Waals surface area contributed by atoms with Crippen molar-refractivity contribution in [3.63, 3.8) is 0 Å². The average Bonchev–Trinajstić information content (AvgIpc) is 3.03. The number of aryl methyl sites for hydroxylation is 1. The summed E-state index contributed by atoms with van der Waals surface area (Å²) in [5, 5.41) is 3.00. The van der Waals surface area contributed by atoms with Crippen LogP contribution in [0, 0.1) is 5.82 Å². The van der Waals surface area contributed by atoms with Crippen LogP contribution in [-0.4, -0.2) is 18.5 Å². The number of carbonyl (C=O) groups is 2. The van der Waals surface area contributed by atoms with E-state index in [0.29, 0.717) is 12.2 Å². The number of fused-ring (bicyclic) bond motifs is 1. The van der Waals surface area contributed by atoms with Gasteiger partial charge in [-0.05, 0) is 66.8 Å². The Balaban J connectivity index is 1.69. The first-order chi connectivity index (χ1) is 12.6. The summed E-state index contributed by atoms with van der Waals surface area (Å²) >= 11 is 0. The van der Waals surface area contributed by atoms with Crippen LogP contribution in [-0.2, 0) is 16.0 Å². The van der Waals surface area contributed by atoms with Crippen molar-refractivity contribution in [3.05, 3.63) is 76.6 Å². The number of halogens is 1. The molecule has 3 rings (SSSR count). The maximum absolute atomic E-state index is 13.0. The first-order valence-corrected chi connectivity index (χ1v) is 8.61. The van der Waals surface area contributed by atoms with E-state index >= 15 is 0 Å². The number of carbonyl (C=O) groups excluding carboxylic acids is 2. The van der Waals surface area contributed by atoms with E-state index in [1.807, 2.05) is 18.2 Å². The predicted molar refractivity (Wildman–Crippen MR) is 97.0 cm³/mol. The van der Waals surface area contributed by atoms with Gasteiger partial charge in [0.1, 0.15) is 5.82 Å². The van der Waals surface area contributed by atoms with E-state index in [0.717, 1.165) is 29.5 Å². The molecule has 0 aromatic heterocycles. The van der Waals surface area contributed by atoms with E-state index in [2.05, 4.69) is 5.32 Å². The van der Waals surface area contributed by atoms with E-state index in [9.17, 15) is 14.0 Å². The Morgan fingerprint density at radius 2 is 2.00 bits per heavy atom. The van der Waals surface area contributed by atoms with Crippen molar-refractivity contribution in [2.24, 2.45) is 0 Å². The predicted octanol–water partition coefficient (Wildman–Crippen LogP) is 3.82. The molecule has 2 aromatic carbocycles. The molecule has 1 unspecified atom stereocenters.